The van der Waals surface area contributed by atoms with Crippen molar-refractivity contribution in [2.45, 2.75) is 33.7 Å². The average molecular weight is 263 g/mol. The van der Waals surface area contributed by atoms with E-state index in [0.29, 0.717) is 5.92 Å². The first-order chi connectivity index (χ1) is 8.93. The van der Waals surface area contributed by atoms with Gasteiger partial charge in [0.15, 0.2) is 5.78 Å². The summed E-state index contributed by atoms with van der Waals surface area (Å²) in [6.45, 7) is 7.89. The van der Waals surface area contributed by atoms with E-state index in [9.17, 15) is 4.79 Å². The quantitative estimate of drug-likeness (QED) is 0.706. The van der Waals surface area contributed by atoms with E-state index in [4.69, 9.17) is 4.74 Å². The zero-order chi connectivity index (χ0) is 14.4. The Balaban J connectivity index is 2.79. The monoisotopic (exact) mass is 263 g/mol. The third-order valence-electron chi connectivity index (χ3n) is 3.22. The molecule has 1 aromatic carbocycles. The van der Waals surface area contributed by atoms with Gasteiger partial charge in [0, 0.05) is 17.7 Å². The van der Waals surface area contributed by atoms with Crippen LogP contribution in [0.3, 0.4) is 0 Å². The molecule has 0 spiro atoms. The van der Waals surface area contributed by atoms with Gasteiger partial charge < -0.3 is 9.64 Å². The highest BCUT2D eigenvalue weighted by Crippen LogP contribution is 2.22. The minimum Gasteiger partial charge on any atom is -0.496 e. The fourth-order valence-corrected chi connectivity index (χ4v) is 1.97. The highest BCUT2D eigenvalue weighted by molar-refractivity contribution is 5.94. The number of rotatable bonds is 7. The Bertz CT molecular complexity index is 427. The Morgan fingerprint density at radius 1 is 1.37 bits per heavy atom. The molecule has 0 aliphatic heterocycles. The van der Waals surface area contributed by atoms with Gasteiger partial charge in [0.25, 0.3) is 0 Å². The van der Waals surface area contributed by atoms with Gasteiger partial charge in [-0.25, -0.2) is 0 Å². The Morgan fingerprint density at radius 2 is 2.05 bits per heavy atom. The molecule has 0 atom stereocenters. The van der Waals surface area contributed by atoms with Crippen molar-refractivity contribution in [1.29, 1.82) is 0 Å². The summed E-state index contributed by atoms with van der Waals surface area (Å²) in [5.41, 5.74) is 1.81. The van der Waals surface area contributed by atoms with Gasteiger partial charge in [-0.05, 0) is 51.1 Å². The summed E-state index contributed by atoms with van der Waals surface area (Å²) in [4.78, 5) is 13.7. The van der Waals surface area contributed by atoms with Crippen LogP contribution in [0.2, 0.25) is 0 Å². The van der Waals surface area contributed by atoms with Gasteiger partial charge in [-0.3, -0.25) is 4.79 Å². The molecule has 0 fully saturated rings. The molecule has 1 aromatic rings. The summed E-state index contributed by atoms with van der Waals surface area (Å²) >= 11 is 0. The van der Waals surface area contributed by atoms with E-state index in [-0.39, 0.29) is 5.78 Å². The maximum atomic E-state index is 11.4. The topological polar surface area (TPSA) is 29.5 Å². The van der Waals surface area contributed by atoms with Crippen LogP contribution in [0.5, 0.6) is 5.75 Å². The van der Waals surface area contributed by atoms with Crippen molar-refractivity contribution in [2.24, 2.45) is 5.92 Å². The van der Waals surface area contributed by atoms with Crippen LogP contribution in [-0.2, 0) is 6.54 Å². The minimum absolute atomic E-state index is 0.0914. The second kappa shape index (κ2) is 7.29. The van der Waals surface area contributed by atoms with Crippen molar-refractivity contribution < 1.29 is 9.53 Å². The number of carbonyl (C=O) groups is 1. The third-order valence-corrected chi connectivity index (χ3v) is 3.22. The number of hydrogen-bond acceptors (Lipinski definition) is 3. The lowest BCUT2D eigenvalue weighted by Gasteiger charge is -2.19. The van der Waals surface area contributed by atoms with Crippen LogP contribution < -0.4 is 4.74 Å². The predicted molar refractivity (Wildman–Crippen MR) is 78.8 cm³/mol. The molecule has 0 radical (unpaired) electrons. The van der Waals surface area contributed by atoms with Gasteiger partial charge in [-0.2, -0.15) is 0 Å². The molecule has 3 nitrogen and oxygen atoms in total. The second-order valence-electron chi connectivity index (χ2n) is 5.50. The molecule has 1 rings (SSSR count). The standard InChI is InChI=1S/C16H25NO2/c1-12(2)8-9-17(4)11-15-10-14(13(3)18)6-7-16(15)19-5/h6-7,10,12H,8-9,11H2,1-5H3. The smallest absolute Gasteiger partial charge is 0.159 e. The van der Waals surface area contributed by atoms with Crippen LogP contribution in [0.4, 0.5) is 0 Å². The summed E-state index contributed by atoms with van der Waals surface area (Å²) in [7, 11) is 3.77. The molecule has 0 saturated heterocycles. The van der Waals surface area contributed by atoms with Gasteiger partial charge in [-0.1, -0.05) is 13.8 Å². The van der Waals surface area contributed by atoms with E-state index in [1.807, 2.05) is 18.2 Å². The molecular weight excluding hydrogens is 238 g/mol. The van der Waals surface area contributed by atoms with E-state index in [0.717, 1.165) is 30.0 Å². The molecule has 0 aromatic heterocycles. The zero-order valence-corrected chi connectivity index (χ0v) is 12.7. The van der Waals surface area contributed by atoms with Gasteiger partial charge in [-0.15, -0.1) is 0 Å². The number of Topliss-reactive ketones (excluding diaryl/α,β-unsaturated/α-hetero) is 1. The summed E-state index contributed by atoms with van der Waals surface area (Å²) in [6, 6.07) is 5.63. The Hall–Kier alpha value is -1.35. The van der Waals surface area contributed by atoms with Crippen molar-refractivity contribution in [3.8, 4) is 5.75 Å². The van der Waals surface area contributed by atoms with Crippen LogP contribution >= 0.6 is 0 Å². The van der Waals surface area contributed by atoms with Crippen molar-refractivity contribution >= 4 is 5.78 Å². The molecule has 0 N–H and O–H groups in total. The summed E-state index contributed by atoms with van der Waals surface area (Å²) in [5.74, 6) is 1.64. The lowest BCUT2D eigenvalue weighted by atomic mass is 10.1. The van der Waals surface area contributed by atoms with Crippen LogP contribution in [0, 0.1) is 5.92 Å². The fraction of sp³-hybridized carbons (Fsp3) is 0.562. The summed E-state index contributed by atoms with van der Waals surface area (Å²) in [5, 5.41) is 0. The number of hydrogen-bond donors (Lipinski definition) is 0. The van der Waals surface area contributed by atoms with Gasteiger partial charge >= 0.3 is 0 Å². The molecular formula is C16H25NO2. The largest absolute Gasteiger partial charge is 0.496 e. The number of benzene rings is 1. The molecule has 3 heteroatoms. The predicted octanol–water partition coefficient (Wildman–Crippen LogP) is 3.38. The van der Waals surface area contributed by atoms with Crippen LogP contribution in [-0.4, -0.2) is 31.4 Å². The highest BCUT2D eigenvalue weighted by Gasteiger charge is 2.10. The van der Waals surface area contributed by atoms with E-state index < -0.39 is 0 Å². The van der Waals surface area contributed by atoms with Crippen molar-refractivity contribution in [3.05, 3.63) is 29.3 Å². The van der Waals surface area contributed by atoms with Crippen LogP contribution in [0.15, 0.2) is 18.2 Å². The highest BCUT2D eigenvalue weighted by atomic mass is 16.5. The van der Waals surface area contributed by atoms with Gasteiger partial charge in [0.1, 0.15) is 5.75 Å². The molecule has 0 amide bonds. The molecule has 0 bridgehead atoms. The molecule has 0 heterocycles. The Kier molecular flexibility index (Phi) is 6.03. The number of ether oxygens (including phenoxy) is 1. The minimum atomic E-state index is 0.0914. The number of carbonyl (C=O) groups excluding carboxylic acids is 1. The SMILES string of the molecule is COc1ccc(C(C)=O)cc1CN(C)CCC(C)C. The fourth-order valence-electron chi connectivity index (χ4n) is 1.97. The van der Waals surface area contributed by atoms with Gasteiger partial charge in [0.2, 0.25) is 0 Å². The Morgan fingerprint density at radius 3 is 2.58 bits per heavy atom. The molecule has 106 valence electrons. The van der Waals surface area contributed by atoms with Gasteiger partial charge in [0.05, 0.1) is 7.11 Å². The second-order valence-corrected chi connectivity index (χ2v) is 5.50. The zero-order valence-electron chi connectivity index (χ0n) is 12.7. The average Bonchev–Trinajstić information content (AvgIpc) is 2.36. The lowest BCUT2D eigenvalue weighted by molar-refractivity contribution is 0.101. The first-order valence-corrected chi connectivity index (χ1v) is 6.80. The lowest BCUT2D eigenvalue weighted by Crippen LogP contribution is -2.21. The maximum absolute atomic E-state index is 11.4. The van der Waals surface area contributed by atoms with E-state index in [2.05, 4.69) is 25.8 Å². The van der Waals surface area contributed by atoms with Crippen molar-refractivity contribution in [3.63, 3.8) is 0 Å². The molecule has 0 aliphatic rings. The van der Waals surface area contributed by atoms with E-state index in [1.54, 1.807) is 14.0 Å². The summed E-state index contributed by atoms with van der Waals surface area (Å²) < 4.78 is 5.37. The van der Waals surface area contributed by atoms with E-state index in [1.165, 1.54) is 6.42 Å². The normalized spacial score (nSPS) is 11.1. The number of methoxy groups -OCH3 is 1. The van der Waals surface area contributed by atoms with Crippen molar-refractivity contribution in [1.82, 2.24) is 4.90 Å². The van der Waals surface area contributed by atoms with E-state index >= 15 is 0 Å². The number of nitrogens with zero attached hydrogens (tertiary/aromatic N) is 1. The molecule has 0 aliphatic carbocycles. The first kappa shape index (κ1) is 15.7. The number of ketones is 1. The molecule has 19 heavy (non-hydrogen) atoms. The van der Waals surface area contributed by atoms with Crippen LogP contribution in [0.25, 0.3) is 0 Å². The first-order valence-electron chi connectivity index (χ1n) is 6.80. The molecule has 0 saturated carbocycles. The van der Waals surface area contributed by atoms with Crippen molar-refractivity contribution in [2.75, 3.05) is 20.7 Å². The maximum Gasteiger partial charge on any atom is 0.159 e. The molecule has 0 unspecified atom stereocenters. The third kappa shape index (κ3) is 5.03. The summed E-state index contributed by atoms with van der Waals surface area (Å²) in [6.07, 6.45) is 1.17. The Labute approximate surface area is 116 Å². The van der Waals surface area contributed by atoms with Crippen LogP contribution in [0.1, 0.15) is 43.1 Å².